The summed E-state index contributed by atoms with van der Waals surface area (Å²) < 4.78 is 68.4. The first-order valence-corrected chi connectivity index (χ1v) is 43.2. The van der Waals surface area contributed by atoms with Crippen LogP contribution in [0.25, 0.3) is 11.1 Å². The Morgan fingerprint density at radius 1 is 0.542 bits per heavy atom. The molecule has 1 aliphatic carbocycles. The molecule has 5 unspecified atom stereocenters. The van der Waals surface area contributed by atoms with Crippen molar-refractivity contribution in [1.82, 2.24) is 20.4 Å². The minimum absolute atomic E-state index is 0.00514. The lowest BCUT2D eigenvalue weighted by Gasteiger charge is -2.33. The lowest BCUT2D eigenvalue weighted by Crippen LogP contribution is -2.44. The molecule has 1 fully saturated rings. The fourth-order valence-corrected chi connectivity index (χ4v) is 15.6. The highest BCUT2D eigenvalue weighted by atomic mass is 16.6. The van der Waals surface area contributed by atoms with Gasteiger partial charge in [-0.1, -0.05) is 83.0 Å². The molecule has 5 aliphatic heterocycles. The standard InChI is InChI=1S/C93H125N7O20/c1-7-11-67-28-33-98(34-29-67)75-23-21-72(22-24-75)74-57-76-63-96-80-61-87(85(110-6)59-78(80)93(108)100(76)64-74)120-37-10-36-119-86-60-79-77(58-84(86)109-5)82(102)25-18-69-54-70(62-95-79)56-73(55-69)71-19-16-68(17-20-71)13-9-14-81(101)66(4)12-8-15-83(103)92(65(2)3)97-89(105)31-38-111-40-42-113-44-46-115-48-50-117-52-53-118-51-49-116-47-45-114-43-41-112-39-32-94-88(104)30-35-99-90(106)26-27-91(99)107/h16-17,19-24,26-27,55,58-67,69-70,76,92H,7-15,18,25,28-54,56-57H2,1-6H3,(H,94,104)(H,97,105). The van der Waals surface area contributed by atoms with Gasteiger partial charge >= 0.3 is 0 Å². The zero-order valence-corrected chi connectivity index (χ0v) is 71.1. The third kappa shape index (κ3) is 29.5. The molecule has 0 radical (unpaired) electrons. The largest absolute Gasteiger partial charge is 0.493 e. The maximum atomic E-state index is 14.2. The molecule has 6 aliphatic rings. The lowest BCUT2D eigenvalue weighted by molar-refractivity contribution is -0.137. The average Bonchev–Trinajstić information content (AvgIpc) is 0.954. The van der Waals surface area contributed by atoms with E-state index in [2.05, 4.69) is 77.1 Å². The van der Waals surface area contributed by atoms with E-state index in [1.165, 1.54) is 49.1 Å². The van der Waals surface area contributed by atoms with E-state index in [9.17, 15) is 38.4 Å². The van der Waals surface area contributed by atoms with Crippen LogP contribution >= 0.6 is 0 Å². The first-order valence-electron chi connectivity index (χ1n) is 43.2. The molecule has 5 heterocycles. The highest BCUT2D eigenvalue weighted by Gasteiger charge is 2.35. The highest BCUT2D eigenvalue weighted by molar-refractivity contribution is 6.13. The number of nitrogens with zero attached hydrogens (tertiary/aromatic N) is 5. The quantitative estimate of drug-likeness (QED) is 0.0306. The Hall–Kier alpha value is -9.32. The van der Waals surface area contributed by atoms with E-state index in [1.54, 1.807) is 43.4 Å². The van der Waals surface area contributed by atoms with Crippen LogP contribution in [-0.2, 0) is 73.1 Å². The SMILES string of the molecule is CCCC1CCN(c2ccc(C3=CN4C(=O)c5cc(OC)c(OCCCOc6cc7c(cc6OC)C(=O)CCC6C=C(c8ccc(CCCC(=O)C(C)CCCC(=O)C(NC(=O)CCOCCOCCOCCOCCOCCOCCOCCOCCNC(=O)CCN9C(=O)C=CC9=O)C(C)C)cc8)CC(C=N7)C6)cc5N=CC4C3)cc2)CC1. The number of carbonyl (C=O) groups is 8. The summed E-state index contributed by atoms with van der Waals surface area (Å²) in [4.78, 5) is 118. The van der Waals surface area contributed by atoms with Gasteiger partial charge in [0.15, 0.2) is 34.6 Å². The van der Waals surface area contributed by atoms with Gasteiger partial charge in [0, 0.05) is 131 Å². The number of aryl methyl sites for hydroxylation is 1. The first kappa shape index (κ1) is 93.0. The molecule has 27 nitrogen and oxygen atoms in total. The summed E-state index contributed by atoms with van der Waals surface area (Å²) in [7, 11) is 3.13. The Kier molecular flexibility index (Phi) is 38.9. The van der Waals surface area contributed by atoms with Crippen molar-refractivity contribution in [2.75, 3.05) is 164 Å². The van der Waals surface area contributed by atoms with Crippen molar-refractivity contribution in [3.8, 4) is 23.0 Å². The van der Waals surface area contributed by atoms with Gasteiger partial charge < -0.3 is 77.3 Å². The highest BCUT2D eigenvalue weighted by Crippen LogP contribution is 2.43. The predicted octanol–water partition coefficient (Wildman–Crippen LogP) is 12.7. The number of piperidine rings is 1. The number of rotatable bonds is 55. The van der Waals surface area contributed by atoms with E-state index in [0.29, 0.717) is 203 Å². The Morgan fingerprint density at radius 2 is 1.09 bits per heavy atom. The molecule has 0 saturated carbocycles. The van der Waals surface area contributed by atoms with Gasteiger partial charge in [-0.25, -0.2) is 0 Å². The first-order chi connectivity index (χ1) is 58.4. The van der Waals surface area contributed by atoms with Crippen molar-refractivity contribution >= 4 is 87.5 Å². The third-order valence-corrected chi connectivity index (χ3v) is 22.5. The molecular formula is C93H125N7O20. The zero-order chi connectivity index (χ0) is 84.8. The van der Waals surface area contributed by atoms with Crippen molar-refractivity contribution in [3.63, 3.8) is 0 Å². The van der Waals surface area contributed by atoms with Crippen LogP contribution in [0.5, 0.6) is 23.0 Å². The van der Waals surface area contributed by atoms with Crippen LogP contribution < -0.4 is 34.5 Å². The fourth-order valence-electron chi connectivity index (χ4n) is 15.6. The van der Waals surface area contributed by atoms with Crippen LogP contribution in [-0.4, -0.2) is 241 Å². The fraction of sp³-hybridized carbons (Fsp3) is 0.570. The molecule has 0 aromatic heterocycles. The van der Waals surface area contributed by atoms with Crippen LogP contribution in [0.1, 0.15) is 174 Å². The smallest absolute Gasteiger partial charge is 0.260 e. The minimum atomic E-state index is -0.628. The summed E-state index contributed by atoms with van der Waals surface area (Å²) in [6.07, 6.45) is 23.0. The summed E-state index contributed by atoms with van der Waals surface area (Å²) in [5.41, 5.74) is 8.97. The molecule has 2 bridgehead atoms. The van der Waals surface area contributed by atoms with Crippen LogP contribution in [0, 0.1) is 29.6 Å². The molecule has 1 saturated heterocycles. The number of anilines is 1. The molecule has 4 aromatic carbocycles. The lowest BCUT2D eigenvalue weighted by atomic mass is 9.78. The number of imide groups is 1. The van der Waals surface area contributed by atoms with E-state index in [4.69, 9.17) is 66.8 Å². The average molecular weight is 1660 g/mol. The molecule has 652 valence electrons. The number of methoxy groups -OCH3 is 2. The number of fused-ring (bicyclic) bond motifs is 5. The Bertz CT molecular complexity index is 4130. The van der Waals surface area contributed by atoms with Crippen LogP contribution in [0.3, 0.4) is 0 Å². The molecule has 2 N–H and O–H groups in total. The van der Waals surface area contributed by atoms with Gasteiger partial charge in [-0.15, -0.1) is 0 Å². The van der Waals surface area contributed by atoms with Gasteiger partial charge in [-0.3, -0.25) is 53.2 Å². The Labute approximate surface area is 707 Å². The third-order valence-electron chi connectivity index (χ3n) is 22.5. The number of benzene rings is 4. The van der Waals surface area contributed by atoms with Crippen molar-refractivity contribution in [2.45, 2.75) is 155 Å². The van der Waals surface area contributed by atoms with Gasteiger partial charge in [-0.05, 0) is 134 Å². The van der Waals surface area contributed by atoms with Gasteiger partial charge in [-0.2, -0.15) is 0 Å². The summed E-state index contributed by atoms with van der Waals surface area (Å²) in [6.45, 7) is 17.1. The van der Waals surface area contributed by atoms with Crippen LogP contribution in [0.2, 0.25) is 0 Å². The molecule has 120 heavy (non-hydrogen) atoms. The number of allylic oxidation sites excluding steroid dienone is 2. The number of hydrogen-bond acceptors (Lipinski definition) is 23. The van der Waals surface area contributed by atoms with E-state index in [1.807, 2.05) is 39.4 Å². The number of Topliss-reactive ketones (excluding diaryl/α,β-unsaturated/α-hetero) is 3. The minimum Gasteiger partial charge on any atom is -0.493 e. The van der Waals surface area contributed by atoms with Crippen molar-refractivity contribution < 1.29 is 95.2 Å². The molecule has 27 heteroatoms. The number of aliphatic imine (C=N–C) groups is 2. The van der Waals surface area contributed by atoms with Crippen LogP contribution in [0.4, 0.5) is 17.1 Å². The van der Waals surface area contributed by atoms with Crippen LogP contribution in [0.15, 0.2) is 107 Å². The van der Waals surface area contributed by atoms with Crippen molar-refractivity contribution in [3.05, 3.63) is 125 Å². The number of amides is 5. The number of nitrogens with one attached hydrogen (secondary N) is 2. The number of ketones is 3. The maximum Gasteiger partial charge on any atom is 0.260 e. The normalized spacial score (nSPS) is 17.6. The summed E-state index contributed by atoms with van der Waals surface area (Å²) in [5.74, 6) is 1.34. The van der Waals surface area contributed by atoms with Gasteiger partial charge in [0.05, 0.1) is 162 Å². The Morgan fingerprint density at radius 3 is 1.68 bits per heavy atom. The molecular weight excluding hydrogens is 1540 g/mol. The molecule has 0 spiro atoms. The molecule has 5 amide bonds. The Balaban J connectivity index is 0.537. The van der Waals surface area contributed by atoms with Gasteiger partial charge in [0.25, 0.3) is 17.7 Å². The van der Waals surface area contributed by atoms with Gasteiger partial charge in [0.1, 0.15) is 5.78 Å². The second-order valence-electron chi connectivity index (χ2n) is 31.6. The molecule has 5 atom stereocenters. The van der Waals surface area contributed by atoms with E-state index >= 15 is 0 Å². The molecule has 10 rings (SSSR count). The number of ether oxygens (including phenoxy) is 12. The zero-order valence-electron chi connectivity index (χ0n) is 71.1. The van der Waals surface area contributed by atoms with Crippen molar-refractivity contribution in [1.29, 1.82) is 0 Å². The monoisotopic (exact) mass is 1660 g/mol. The second kappa shape index (κ2) is 50.2. The van der Waals surface area contributed by atoms with Gasteiger partial charge in [0.2, 0.25) is 11.8 Å². The van der Waals surface area contributed by atoms with E-state index in [-0.39, 0.29) is 110 Å². The topological polar surface area (TPSA) is 306 Å². The van der Waals surface area contributed by atoms with Crippen molar-refractivity contribution in [2.24, 2.45) is 39.6 Å². The number of carbonyl (C=O) groups excluding carboxylic acids is 8. The summed E-state index contributed by atoms with van der Waals surface area (Å²) in [6, 6.07) is 23.6. The predicted molar refractivity (Wildman–Crippen MR) is 458 cm³/mol. The summed E-state index contributed by atoms with van der Waals surface area (Å²) in [5, 5.41) is 5.59. The second-order valence-corrected chi connectivity index (χ2v) is 31.6. The maximum absolute atomic E-state index is 14.2. The number of hydrogen-bond donors (Lipinski definition) is 2. The van der Waals surface area contributed by atoms with E-state index in [0.717, 1.165) is 65.4 Å². The molecule has 4 aromatic rings. The van der Waals surface area contributed by atoms with E-state index < -0.39 is 17.9 Å². The summed E-state index contributed by atoms with van der Waals surface area (Å²) >= 11 is 0.